The van der Waals surface area contributed by atoms with Gasteiger partial charge in [0.05, 0.1) is 24.7 Å². The molecule has 4 heteroatoms. The Morgan fingerprint density at radius 2 is 2.38 bits per heavy atom. The number of carbonyl (C=O) groups is 1. The fourth-order valence-electron chi connectivity index (χ4n) is 2.53. The predicted molar refractivity (Wildman–Crippen MR) is 57.5 cm³/mol. The van der Waals surface area contributed by atoms with Gasteiger partial charge < -0.3 is 14.2 Å². The van der Waals surface area contributed by atoms with Gasteiger partial charge in [-0.1, -0.05) is 0 Å². The number of allylic oxidation sites excluding steroid dienone is 1. The summed E-state index contributed by atoms with van der Waals surface area (Å²) in [6.45, 7) is 6.59. The third-order valence-electron chi connectivity index (χ3n) is 3.24. The van der Waals surface area contributed by atoms with Crippen LogP contribution >= 0.6 is 0 Å². The summed E-state index contributed by atoms with van der Waals surface area (Å²) in [6, 6.07) is 0. The number of fused-ring (bicyclic) bond motifs is 1. The molecule has 0 spiro atoms. The molecule has 1 saturated heterocycles. The Balaban J connectivity index is 2.23. The number of hydrogen-bond donors (Lipinski definition) is 0. The van der Waals surface area contributed by atoms with Crippen LogP contribution in [0.5, 0.6) is 0 Å². The van der Waals surface area contributed by atoms with Crippen LogP contribution in [0.3, 0.4) is 0 Å². The lowest BCUT2D eigenvalue weighted by molar-refractivity contribution is -0.230. The van der Waals surface area contributed by atoms with Gasteiger partial charge in [0.25, 0.3) is 0 Å². The molecule has 0 unspecified atom stereocenters. The van der Waals surface area contributed by atoms with E-state index in [1.54, 1.807) is 13.8 Å². The van der Waals surface area contributed by atoms with Crippen LogP contribution in [0.1, 0.15) is 33.6 Å². The predicted octanol–water partition coefficient (Wildman–Crippen LogP) is 2.00. The lowest BCUT2D eigenvalue weighted by Gasteiger charge is -2.35. The molecule has 2 rings (SSSR count). The smallest absolute Gasteiger partial charge is 0.337 e. The molecule has 0 bridgehead atoms. The normalized spacial score (nSPS) is 33.3. The van der Waals surface area contributed by atoms with E-state index in [1.165, 1.54) is 0 Å². The van der Waals surface area contributed by atoms with Crippen LogP contribution in [-0.4, -0.2) is 25.0 Å². The van der Waals surface area contributed by atoms with E-state index in [1.807, 2.05) is 6.92 Å². The number of ether oxygens (including phenoxy) is 3. The van der Waals surface area contributed by atoms with Crippen molar-refractivity contribution in [3.05, 3.63) is 11.3 Å². The number of rotatable bonds is 2. The second-order valence-corrected chi connectivity index (χ2v) is 4.35. The van der Waals surface area contributed by atoms with Crippen molar-refractivity contribution in [3.63, 3.8) is 0 Å². The maximum Gasteiger partial charge on any atom is 0.337 e. The highest BCUT2D eigenvalue weighted by Crippen LogP contribution is 2.45. The van der Waals surface area contributed by atoms with Gasteiger partial charge >= 0.3 is 5.97 Å². The van der Waals surface area contributed by atoms with Gasteiger partial charge in [-0.15, -0.1) is 0 Å². The molecule has 2 aliphatic rings. The maximum atomic E-state index is 11.8. The zero-order chi connectivity index (χ0) is 11.8. The molecule has 0 N–H and O–H groups in total. The first-order chi connectivity index (χ1) is 7.58. The first kappa shape index (κ1) is 11.5. The van der Waals surface area contributed by atoms with Crippen LogP contribution in [0.15, 0.2) is 11.3 Å². The number of carbonyl (C=O) groups excluding carboxylic acids is 1. The highest BCUT2D eigenvalue weighted by atomic mass is 16.7. The second-order valence-electron chi connectivity index (χ2n) is 4.35. The Morgan fingerprint density at radius 1 is 1.62 bits per heavy atom. The van der Waals surface area contributed by atoms with Crippen LogP contribution < -0.4 is 0 Å². The monoisotopic (exact) mass is 226 g/mol. The van der Waals surface area contributed by atoms with Crippen molar-refractivity contribution in [1.29, 1.82) is 0 Å². The molecule has 4 nitrogen and oxygen atoms in total. The Bertz CT molecular complexity index is 334. The summed E-state index contributed by atoms with van der Waals surface area (Å²) in [5, 5.41) is 0. The van der Waals surface area contributed by atoms with E-state index in [-0.39, 0.29) is 11.9 Å². The molecule has 0 aromatic carbocycles. The lowest BCUT2D eigenvalue weighted by Crippen LogP contribution is -2.41. The summed E-state index contributed by atoms with van der Waals surface area (Å²) in [5.41, 5.74) is 0.657. The SMILES string of the molecule is CCOC(=O)C1=C(C)O[C@@]2(C)OCCC[C@@H]12. The van der Waals surface area contributed by atoms with Crippen molar-refractivity contribution in [2.24, 2.45) is 5.92 Å². The van der Waals surface area contributed by atoms with Crippen LogP contribution in [0.4, 0.5) is 0 Å². The zero-order valence-electron chi connectivity index (χ0n) is 10.0. The quantitative estimate of drug-likeness (QED) is 0.675. The highest BCUT2D eigenvalue weighted by Gasteiger charge is 2.50. The minimum Gasteiger partial charge on any atom is -0.466 e. The minimum atomic E-state index is -0.662. The van der Waals surface area contributed by atoms with E-state index in [0.717, 1.165) is 12.8 Å². The Hall–Kier alpha value is -1.03. The van der Waals surface area contributed by atoms with Crippen molar-refractivity contribution in [3.8, 4) is 0 Å². The third kappa shape index (κ3) is 1.71. The number of esters is 1. The van der Waals surface area contributed by atoms with Gasteiger partial charge in [0.2, 0.25) is 5.79 Å². The molecule has 90 valence electrons. The van der Waals surface area contributed by atoms with Crippen molar-refractivity contribution < 1.29 is 19.0 Å². The molecular weight excluding hydrogens is 208 g/mol. The summed E-state index contributed by atoms with van der Waals surface area (Å²) in [6.07, 6.45) is 1.88. The Morgan fingerprint density at radius 3 is 3.06 bits per heavy atom. The van der Waals surface area contributed by atoms with E-state index < -0.39 is 5.79 Å². The van der Waals surface area contributed by atoms with E-state index >= 15 is 0 Å². The summed E-state index contributed by atoms with van der Waals surface area (Å²) in [7, 11) is 0. The first-order valence-corrected chi connectivity index (χ1v) is 5.79. The van der Waals surface area contributed by atoms with Crippen LogP contribution in [-0.2, 0) is 19.0 Å². The maximum absolute atomic E-state index is 11.8. The molecular formula is C12H18O4. The van der Waals surface area contributed by atoms with Gasteiger partial charge in [-0.2, -0.15) is 0 Å². The van der Waals surface area contributed by atoms with Gasteiger partial charge in [0, 0.05) is 6.92 Å². The van der Waals surface area contributed by atoms with Gasteiger partial charge in [-0.3, -0.25) is 0 Å². The Kier molecular flexibility index (Phi) is 2.93. The van der Waals surface area contributed by atoms with E-state index in [9.17, 15) is 4.79 Å². The molecule has 0 saturated carbocycles. The average Bonchev–Trinajstić information content (AvgIpc) is 2.48. The van der Waals surface area contributed by atoms with Crippen LogP contribution in [0, 0.1) is 5.92 Å². The summed E-state index contributed by atoms with van der Waals surface area (Å²) in [5.74, 6) is -0.267. The van der Waals surface area contributed by atoms with Crippen molar-refractivity contribution in [2.45, 2.75) is 39.4 Å². The van der Waals surface area contributed by atoms with Gasteiger partial charge in [0.1, 0.15) is 5.76 Å². The average molecular weight is 226 g/mol. The van der Waals surface area contributed by atoms with Crippen LogP contribution in [0.25, 0.3) is 0 Å². The van der Waals surface area contributed by atoms with Gasteiger partial charge in [-0.05, 0) is 26.7 Å². The molecule has 2 aliphatic heterocycles. The van der Waals surface area contributed by atoms with Gasteiger partial charge in [0.15, 0.2) is 0 Å². The summed E-state index contributed by atoms with van der Waals surface area (Å²) >= 11 is 0. The molecule has 0 radical (unpaired) electrons. The largest absolute Gasteiger partial charge is 0.466 e. The van der Waals surface area contributed by atoms with E-state index in [0.29, 0.717) is 24.5 Å². The third-order valence-corrected chi connectivity index (χ3v) is 3.24. The molecule has 0 aromatic rings. The molecule has 0 amide bonds. The van der Waals surface area contributed by atoms with Crippen LogP contribution in [0.2, 0.25) is 0 Å². The summed E-state index contributed by atoms with van der Waals surface area (Å²) in [4.78, 5) is 11.8. The zero-order valence-corrected chi connectivity index (χ0v) is 10.0. The second kappa shape index (κ2) is 4.09. The lowest BCUT2D eigenvalue weighted by atomic mass is 9.86. The Labute approximate surface area is 95.6 Å². The molecule has 0 aliphatic carbocycles. The molecule has 2 atom stereocenters. The topological polar surface area (TPSA) is 44.8 Å². The molecule has 0 aromatic heterocycles. The molecule has 1 fully saturated rings. The number of hydrogen-bond acceptors (Lipinski definition) is 4. The summed E-state index contributed by atoms with van der Waals surface area (Å²) < 4.78 is 16.4. The first-order valence-electron chi connectivity index (χ1n) is 5.79. The highest BCUT2D eigenvalue weighted by molar-refractivity contribution is 5.90. The van der Waals surface area contributed by atoms with Gasteiger partial charge in [-0.25, -0.2) is 4.79 Å². The van der Waals surface area contributed by atoms with E-state index in [4.69, 9.17) is 14.2 Å². The van der Waals surface area contributed by atoms with E-state index in [2.05, 4.69) is 0 Å². The standard InChI is InChI=1S/C12H18O4/c1-4-14-11(13)10-8(2)16-12(3)9(10)6-5-7-15-12/h9H,4-7H2,1-3H3/t9-,12+/m0/s1. The van der Waals surface area contributed by atoms with Crippen molar-refractivity contribution >= 4 is 5.97 Å². The fourth-order valence-corrected chi connectivity index (χ4v) is 2.53. The molecule has 16 heavy (non-hydrogen) atoms. The molecule has 2 heterocycles. The van der Waals surface area contributed by atoms with Crippen molar-refractivity contribution in [2.75, 3.05) is 13.2 Å². The van der Waals surface area contributed by atoms with Crippen molar-refractivity contribution in [1.82, 2.24) is 0 Å². The fraction of sp³-hybridized carbons (Fsp3) is 0.750. The minimum absolute atomic E-state index is 0.0142.